The van der Waals surface area contributed by atoms with Gasteiger partial charge >= 0.3 is 0 Å². The highest BCUT2D eigenvalue weighted by Gasteiger charge is 2.22. The molecule has 0 atom stereocenters. The minimum absolute atomic E-state index is 0.0680. The van der Waals surface area contributed by atoms with Gasteiger partial charge in [0.2, 0.25) is 0 Å². The summed E-state index contributed by atoms with van der Waals surface area (Å²) < 4.78 is 0. The van der Waals surface area contributed by atoms with Gasteiger partial charge in [-0.3, -0.25) is 4.79 Å². The van der Waals surface area contributed by atoms with Gasteiger partial charge in [-0.1, -0.05) is 6.07 Å². The maximum Gasteiger partial charge on any atom is 0.254 e. The number of pyridine rings is 1. The first kappa shape index (κ1) is 14.9. The zero-order valence-corrected chi connectivity index (χ0v) is 13.6. The lowest BCUT2D eigenvalue weighted by atomic mass is 9.99. The summed E-state index contributed by atoms with van der Waals surface area (Å²) in [6.07, 6.45) is 4.67. The van der Waals surface area contributed by atoms with Crippen LogP contribution in [0.25, 0.3) is 0 Å². The molecule has 114 valence electrons. The summed E-state index contributed by atoms with van der Waals surface area (Å²) in [5.74, 6) is 0.784. The van der Waals surface area contributed by atoms with Gasteiger partial charge in [0.05, 0.1) is 0 Å². The smallest absolute Gasteiger partial charge is 0.254 e. The van der Waals surface area contributed by atoms with Crippen molar-refractivity contribution in [3.8, 4) is 0 Å². The Balaban J connectivity index is 1.80. The number of aromatic nitrogens is 1. The maximum absolute atomic E-state index is 12.7. The van der Waals surface area contributed by atoms with Gasteiger partial charge < -0.3 is 10.2 Å². The minimum atomic E-state index is 0.0680. The normalized spacial score (nSPS) is 13.6. The Morgan fingerprint density at radius 2 is 2.14 bits per heavy atom. The summed E-state index contributed by atoms with van der Waals surface area (Å²) in [5.41, 5.74) is 3.30. The number of carbonyl (C=O) groups excluding carboxylic acids is 1. The number of benzene rings is 1. The average molecular weight is 313 g/mol. The highest BCUT2D eigenvalue weighted by Crippen LogP contribution is 2.25. The highest BCUT2D eigenvalue weighted by molar-refractivity contribution is 7.98. The Morgan fingerprint density at radius 3 is 2.91 bits per heavy atom. The molecule has 4 nitrogen and oxygen atoms in total. The zero-order valence-electron chi connectivity index (χ0n) is 12.8. The van der Waals surface area contributed by atoms with Crippen molar-refractivity contribution < 1.29 is 4.79 Å². The lowest BCUT2D eigenvalue weighted by Gasteiger charge is -2.29. The van der Waals surface area contributed by atoms with Crippen LogP contribution in [0.3, 0.4) is 0 Å². The molecule has 22 heavy (non-hydrogen) atoms. The molecule has 0 unspecified atom stereocenters. The Labute approximate surface area is 134 Å². The molecular weight excluding hydrogens is 294 g/mol. The van der Waals surface area contributed by atoms with Gasteiger partial charge in [0.25, 0.3) is 5.91 Å². The molecule has 2 heterocycles. The molecule has 3 rings (SSSR count). The van der Waals surface area contributed by atoms with Crippen LogP contribution >= 0.6 is 11.8 Å². The van der Waals surface area contributed by atoms with Crippen LogP contribution in [-0.2, 0) is 13.0 Å². The van der Waals surface area contributed by atoms with Crippen LogP contribution in [-0.4, -0.2) is 35.6 Å². The van der Waals surface area contributed by atoms with Crippen molar-refractivity contribution in [3.63, 3.8) is 0 Å². The summed E-state index contributed by atoms with van der Waals surface area (Å²) in [6.45, 7) is 1.45. The molecule has 1 amide bonds. The fraction of sp³-hybridized carbons (Fsp3) is 0.294. The lowest BCUT2D eigenvalue weighted by molar-refractivity contribution is 0.0734. The second-order valence-corrected chi connectivity index (χ2v) is 6.17. The molecule has 0 radical (unpaired) electrons. The van der Waals surface area contributed by atoms with Crippen molar-refractivity contribution in [1.29, 1.82) is 0 Å². The first-order chi connectivity index (χ1) is 10.7. The molecule has 0 spiro atoms. The van der Waals surface area contributed by atoms with E-state index in [-0.39, 0.29) is 5.91 Å². The third kappa shape index (κ3) is 2.95. The fourth-order valence-corrected chi connectivity index (χ4v) is 3.18. The second kappa shape index (κ2) is 6.40. The summed E-state index contributed by atoms with van der Waals surface area (Å²) in [6, 6.07) is 10.1. The lowest BCUT2D eigenvalue weighted by Crippen LogP contribution is -2.36. The number of rotatable bonds is 3. The van der Waals surface area contributed by atoms with Gasteiger partial charge in [-0.05, 0) is 48.1 Å². The van der Waals surface area contributed by atoms with Gasteiger partial charge in [0, 0.05) is 36.8 Å². The number of anilines is 1. The van der Waals surface area contributed by atoms with Gasteiger partial charge in [-0.15, -0.1) is 11.8 Å². The number of thioether (sulfide) groups is 1. The van der Waals surface area contributed by atoms with E-state index in [9.17, 15) is 4.79 Å². The number of carbonyl (C=O) groups is 1. The number of hydrogen-bond donors (Lipinski definition) is 1. The van der Waals surface area contributed by atoms with Gasteiger partial charge in [-0.25, -0.2) is 4.98 Å². The van der Waals surface area contributed by atoms with Crippen molar-refractivity contribution in [2.75, 3.05) is 25.2 Å². The largest absolute Gasteiger partial charge is 0.373 e. The predicted octanol–water partition coefficient (Wildman–Crippen LogP) is 3.04. The zero-order chi connectivity index (χ0) is 15.5. The second-order valence-electron chi connectivity index (χ2n) is 5.29. The minimum Gasteiger partial charge on any atom is -0.373 e. The predicted molar refractivity (Wildman–Crippen MR) is 90.5 cm³/mol. The molecule has 0 saturated carbocycles. The maximum atomic E-state index is 12.7. The molecule has 0 saturated heterocycles. The molecule has 0 bridgehead atoms. The van der Waals surface area contributed by atoms with Crippen molar-refractivity contribution in [2.24, 2.45) is 0 Å². The molecule has 5 heteroatoms. The van der Waals surface area contributed by atoms with E-state index < -0.39 is 0 Å². The molecule has 1 aliphatic heterocycles. The number of nitrogens with one attached hydrogen (secondary N) is 1. The van der Waals surface area contributed by atoms with Crippen molar-refractivity contribution >= 4 is 23.5 Å². The number of hydrogen-bond acceptors (Lipinski definition) is 4. The van der Waals surface area contributed by atoms with Crippen molar-refractivity contribution in [2.45, 2.75) is 17.9 Å². The Morgan fingerprint density at radius 1 is 1.27 bits per heavy atom. The molecular formula is C17H19N3OS. The van der Waals surface area contributed by atoms with Crippen LogP contribution < -0.4 is 5.32 Å². The molecule has 1 aliphatic rings. The molecule has 2 aromatic rings. The van der Waals surface area contributed by atoms with Crippen LogP contribution in [0, 0.1) is 0 Å². The van der Waals surface area contributed by atoms with E-state index in [2.05, 4.69) is 34.8 Å². The number of fused-ring (bicyclic) bond motifs is 1. The van der Waals surface area contributed by atoms with E-state index in [1.54, 1.807) is 37.1 Å². The van der Waals surface area contributed by atoms with Crippen LogP contribution in [0.2, 0.25) is 0 Å². The summed E-state index contributed by atoms with van der Waals surface area (Å²) in [7, 11) is 1.80. The first-order valence-electron chi connectivity index (χ1n) is 7.30. The van der Waals surface area contributed by atoms with Crippen molar-refractivity contribution in [3.05, 3.63) is 53.2 Å². The van der Waals surface area contributed by atoms with Crippen molar-refractivity contribution in [1.82, 2.24) is 9.88 Å². The molecule has 1 aromatic heterocycles. The van der Waals surface area contributed by atoms with Crippen LogP contribution in [0.1, 0.15) is 21.5 Å². The molecule has 1 N–H and O–H groups in total. The van der Waals surface area contributed by atoms with Crippen LogP contribution in [0.5, 0.6) is 0 Å². The van der Waals surface area contributed by atoms with E-state index in [1.807, 2.05) is 4.90 Å². The Kier molecular flexibility index (Phi) is 4.34. The van der Waals surface area contributed by atoms with E-state index in [4.69, 9.17) is 0 Å². The fourth-order valence-electron chi connectivity index (χ4n) is 2.71. The molecule has 0 aliphatic carbocycles. The van der Waals surface area contributed by atoms with E-state index in [1.165, 1.54) is 16.0 Å². The summed E-state index contributed by atoms with van der Waals surface area (Å²) >= 11 is 1.76. The summed E-state index contributed by atoms with van der Waals surface area (Å²) in [5, 5.41) is 2.97. The molecule has 1 aromatic carbocycles. The third-order valence-corrected chi connectivity index (χ3v) is 4.70. The molecule has 0 fully saturated rings. The van der Waals surface area contributed by atoms with E-state index >= 15 is 0 Å². The van der Waals surface area contributed by atoms with E-state index in [0.717, 1.165) is 13.0 Å². The van der Waals surface area contributed by atoms with E-state index in [0.29, 0.717) is 17.9 Å². The number of amides is 1. The standard InChI is InChI=1S/C17H19N3OS/c1-18-16-10-13(5-7-19-16)17(21)20-8-6-12-9-15(22-2)4-3-14(12)11-20/h3-5,7,9-10H,6,8,11H2,1-2H3,(H,18,19). The third-order valence-electron chi connectivity index (χ3n) is 3.98. The number of nitrogens with zero attached hydrogens (tertiary/aromatic N) is 2. The SMILES string of the molecule is CNc1cc(C(=O)N2CCc3cc(SC)ccc3C2)ccn1. The quantitative estimate of drug-likeness (QED) is 0.885. The highest BCUT2D eigenvalue weighted by atomic mass is 32.2. The Hall–Kier alpha value is -2.01. The van der Waals surface area contributed by atoms with Crippen LogP contribution in [0.4, 0.5) is 5.82 Å². The first-order valence-corrected chi connectivity index (χ1v) is 8.52. The van der Waals surface area contributed by atoms with Crippen LogP contribution in [0.15, 0.2) is 41.4 Å². The van der Waals surface area contributed by atoms with Gasteiger partial charge in [0.15, 0.2) is 0 Å². The average Bonchev–Trinajstić information content (AvgIpc) is 2.60. The van der Waals surface area contributed by atoms with Gasteiger partial charge in [0.1, 0.15) is 5.82 Å². The topological polar surface area (TPSA) is 45.2 Å². The Bertz CT molecular complexity index is 702. The van der Waals surface area contributed by atoms with Gasteiger partial charge in [-0.2, -0.15) is 0 Å². The monoisotopic (exact) mass is 313 g/mol. The summed E-state index contributed by atoms with van der Waals surface area (Å²) in [4.78, 5) is 20.0.